The van der Waals surface area contributed by atoms with E-state index < -0.39 is 0 Å². The van der Waals surface area contributed by atoms with E-state index >= 15 is 0 Å². The van der Waals surface area contributed by atoms with E-state index in [9.17, 15) is 0 Å². The molecule has 0 atom stereocenters. The highest BCUT2D eigenvalue weighted by Gasteiger charge is 2.15. The van der Waals surface area contributed by atoms with Gasteiger partial charge in [0.15, 0.2) is 0 Å². The first-order chi connectivity index (χ1) is 16.9. The molecule has 0 bridgehead atoms. The Bertz CT molecular complexity index is 1770. The SMILES string of the molecule is c1cc(-c2ccc(-c3ccc4ccc5ccc(-c6cncnc6)c6ccc3c4c56)cc2)ccn1. The van der Waals surface area contributed by atoms with Gasteiger partial charge < -0.3 is 0 Å². The minimum Gasteiger partial charge on any atom is -0.265 e. The van der Waals surface area contributed by atoms with Crippen LogP contribution in [0.2, 0.25) is 0 Å². The van der Waals surface area contributed by atoms with Crippen LogP contribution in [0.4, 0.5) is 0 Å². The molecular formula is C31H19N3. The fourth-order valence-corrected chi connectivity index (χ4v) is 5.13. The van der Waals surface area contributed by atoms with E-state index in [-0.39, 0.29) is 0 Å². The Morgan fingerprint density at radius 2 is 0.882 bits per heavy atom. The summed E-state index contributed by atoms with van der Waals surface area (Å²) in [6.45, 7) is 0. The van der Waals surface area contributed by atoms with E-state index in [4.69, 9.17) is 0 Å². The highest BCUT2D eigenvalue weighted by Crippen LogP contribution is 2.42. The molecule has 34 heavy (non-hydrogen) atoms. The number of rotatable bonds is 3. The van der Waals surface area contributed by atoms with Crippen LogP contribution >= 0.6 is 0 Å². The molecule has 0 unspecified atom stereocenters. The number of nitrogens with zero attached hydrogens (tertiary/aromatic N) is 3. The summed E-state index contributed by atoms with van der Waals surface area (Å²) in [5.74, 6) is 0. The maximum absolute atomic E-state index is 4.24. The topological polar surface area (TPSA) is 38.7 Å². The zero-order chi connectivity index (χ0) is 22.5. The van der Waals surface area contributed by atoms with Gasteiger partial charge in [-0.05, 0) is 72.3 Å². The van der Waals surface area contributed by atoms with Crippen molar-refractivity contribution in [2.24, 2.45) is 0 Å². The van der Waals surface area contributed by atoms with Gasteiger partial charge >= 0.3 is 0 Å². The molecule has 3 heteroatoms. The van der Waals surface area contributed by atoms with Crippen molar-refractivity contribution in [3.05, 3.63) is 116 Å². The molecule has 7 aromatic rings. The van der Waals surface area contributed by atoms with Crippen LogP contribution in [0.25, 0.3) is 65.7 Å². The Morgan fingerprint density at radius 1 is 0.382 bits per heavy atom. The van der Waals surface area contributed by atoms with E-state index in [0.717, 1.165) is 11.1 Å². The summed E-state index contributed by atoms with van der Waals surface area (Å²) in [6.07, 6.45) is 9.01. The van der Waals surface area contributed by atoms with Gasteiger partial charge in [0.1, 0.15) is 6.33 Å². The molecule has 0 saturated carbocycles. The van der Waals surface area contributed by atoms with Crippen molar-refractivity contribution in [1.29, 1.82) is 0 Å². The average Bonchev–Trinajstić information content (AvgIpc) is 2.92. The molecule has 2 aromatic heterocycles. The lowest BCUT2D eigenvalue weighted by Gasteiger charge is -2.16. The molecule has 0 aliphatic heterocycles. The third-order valence-corrected chi connectivity index (χ3v) is 6.75. The molecule has 0 saturated heterocycles. The molecule has 2 heterocycles. The summed E-state index contributed by atoms with van der Waals surface area (Å²) < 4.78 is 0. The van der Waals surface area contributed by atoms with Crippen molar-refractivity contribution in [3.8, 4) is 33.4 Å². The van der Waals surface area contributed by atoms with Crippen molar-refractivity contribution >= 4 is 32.3 Å². The first kappa shape index (κ1) is 18.9. The van der Waals surface area contributed by atoms with E-state index in [1.165, 1.54) is 54.6 Å². The molecule has 5 aromatic carbocycles. The molecule has 7 rings (SSSR count). The summed E-state index contributed by atoms with van der Waals surface area (Å²) in [4.78, 5) is 12.6. The zero-order valence-corrected chi connectivity index (χ0v) is 18.3. The summed E-state index contributed by atoms with van der Waals surface area (Å²) >= 11 is 0. The van der Waals surface area contributed by atoms with Crippen LogP contribution in [0.15, 0.2) is 116 Å². The maximum atomic E-state index is 4.24. The molecule has 0 N–H and O–H groups in total. The molecule has 0 spiro atoms. The van der Waals surface area contributed by atoms with Crippen molar-refractivity contribution in [2.75, 3.05) is 0 Å². The number of hydrogen-bond acceptors (Lipinski definition) is 3. The minimum atomic E-state index is 1.03. The van der Waals surface area contributed by atoms with Crippen molar-refractivity contribution in [3.63, 3.8) is 0 Å². The molecule has 0 radical (unpaired) electrons. The van der Waals surface area contributed by atoms with Crippen LogP contribution < -0.4 is 0 Å². The van der Waals surface area contributed by atoms with Gasteiger partial charge in [-0.2, -0.15) is 0 Å². The van der Waals surface area contributed by atoms with Crippen LogP contribution in [-0.4, -0.2) is 15.0 Å². The van der Waals surface area contributed by atoms with Crippen LogP contribution in [0.1, 0.15) is 0 Å². The second-order valence-corrected chi connectivity index (χ2v) is 8.59. The van der Waals surface area contributed by atoms with Gasteiger partial charge in [0.25, 0.3) is 0 Å². The first-order valence-corrected chi connectivity index (χ1v) is 11.3. The fraction of sp³-hybridized carbons (Fsp3) is 0. The Balaban J connectivity index is 1.46. The third kappa shape index (κ3) is 2.87. The van der Waals surface area contributed by atoms with Gasteiger partial charge in [-0.25, -0.2) is 9.97 Å². The van der Waals surface area contributed by atoms with Crippen LogP contribution in [0, 0.1) is 0 Å². The predicted octanol–water partition coefficient (Wildman–Crippen LogP) is 7.77. The quantitative estimate of drug-likeness (QED) is 0.267. The van der Waals surface area contributed by atoms with Crippen LogP contribution in [0.5, 0.6) is 0 Å². The predicted molar refractivity (Wildman–Crippen MR) is 140 cm³/mol. The van der Waals surface area contributed by atoms with Gasteiger partial charge in [-0.1, -0.05) is 72.8 Å². The van der Waals surface area contributed by atoms with Crippen LogP contribution in [0.3, 0.4) is 0 Å². The molecule has 0 aliphatic rings. The molecule has 0 amide bonds. The monoisotopic (exact) mass is 433 g/mol. The van der Waals surface area contributed by atoms with Gasteiger partial charge in [0, 0.05) is 30.4 Å². The Morgan fingerprint density at radius 3 is 1.50 bits per heavy atom. The standard InChI is InChI=1S/C31H19N3/c1-3-22(4-2-20(1)21-13-15-32-16-14-21)26-9-7-23-5-6-24-8-10-27(25-17-33-19-34-18-25)29-12-11-28(26)30(23)31(24)29/h1-19H. The molecule has 3 nitrogen and oxygen atoms in total. The lowest BCUT2D eigenvalue weighted by molar-refractivity contribution is 1.17. The first-order valence-electron chi connectivity index (χ1n) is 11.3. The Labute approximate surface area is 196 Å². The van der Waals surface area contributed by atoms with Crippen molar-refractivity contribution < 1.29 is 0 Å². The smallest absolute Gasteiger partial charge is 0.115 e. The van der Waals surface area contributed by atoms with E-state index in [2.05, 4.69) is 87.7 Å². The Hall–Kier alpha value is -4.63. The highest BCUT2D eigenvalue weighted by molar-refractivity contribution is 6.27. The molecular weight excluding hydrogens is 414 g/mol. The second-order valence-electron chi connectivity index (χ2n) is 8.59. The lowest BCUT2D eigenvalue weighted by Crippen LogP contribution is -1.90. The number of aromatic nitrogens is 3. The second kappa shape index (κ2) is 7.46. The zero-order valence-electron chi connectivity index (χ0n) is 18.3. The molecule has 0 fully saturated rings. The summed E-state index contributed by atoms with van der Waals surface area (Å²) in [5.41, 5.74) is 7.03. The Kier molecular flexibility index (Phi) is 4.15. The van der Waals surface area contributed by atoms with Crippen molar-refractivity contribution in [1.82, 2.24) is 15.0 Å². The minimum absolute atomic E-state index is 1.03. The third-order valence-electron chi connectivity index (χ3n) is 6.75. The van der Waals surface area contributed by atoms with Gasteiger partial charge in [-0.15, -0.1) is 0 Å². The number of benzene rings is 5. The largest absolute Gasteiger partial charge is 0.265 e. The maximum Gasteiger partial charge on any atom is 0.115 e. The van der Waals surface area contributed by atoms with Gasteiger partial charge in [0.05, 0.1) is 0 Å². The number of hydrogen-bond donors (Lipinski definition) is 0. The molecule has 158 valence electrons. The van der Waals surface area contributed by atoms with Crippen molar-refractivity contribution in [2.45, 2.75) is 0 Å². The van der Waals surface area contributed by atoms with E-state index in [1.54, 1.807) is 6.33 Å². The molecule has 0 aliphatic carbocycles. The van der Waals surface area contributed by atoms with Gasteiger partial charge in [0.2, 0.25) is 0 Å². The van der Waals surface area contributed by atoms with Crippen LogP contribution in [-0.2, 0) is 0 Å². The average molecular weight is 434 g/mol. The summed E-state index contributed by atoms with van der Waals surface area (Å²) in [7, 11) is 0. The van der Waals surface area contributed by atoms with Gasteiger partial charge in [-0.3, -0.25) is 4.98 Å². The normalized spacial score (nSPS) is 11.5. The lowest BCUT2D eigenvalue weighted by atomic mass is 9.87. The summed E-state index contributed by atoms with van der Waals surface area (Å²) in [6, 6.07) is 30.7. The fourth-order valence-electron chi connectivity index (χ4n) is 5.13. The highest BCUT2D eigenvalue weighted by atomic mass is 14.8. The summed E-state index contributed by atoms with van der Waals surface area (Å²) in [5, 5.41) is 7.62. The van der Waals surface area contributed by atoms with E-state index in [0.29, 0.717) is 0 Å². The van der Waals surface area contributed by atoms with E-state index in [1.807, 2.05) is 36.9 Å². The number of pyridine rings is 1.